The monoisotopic (exact) mass is 184 g/mol. The van der Waals surface area contributed by atoms with Crippen LogP contribution in [0.1, 0.15) is 20.7 Å². The molecule has 0 aliphatic rings. The van der Waals surface area contributed by atoms with E-state index in [2.05, 4.69) is 9.47 Å². The summed E-state index contributed by atoms with van der Waals surface area (Å²) in [5.41, 5.74) is 0. The van der Waals surface area contributed by atoms with Crippen LogP contribution in [0.2, 0.25) is 0 Å². The Bertz CT molecular complexity index is 135. The first-order valence-electron chi connectivity index (χ1n) is 3.34. The Kier molecular flexibility index (Phi) is 10.9. The van der Waals surface area contributed by atoms with Crippen molar-refractivity contribution in [2.75, 3.05) is 14.2 Å². The first-order chi connectivity index (χ1) is 5.20. The van der Waals surface area contributed by atoms with E-state index in [-0.39, 0.29) is 55.8 Å². The predicted molar refractivity (Wildman–Crippen MR) is 39.0 cm³/mol. The molecule has 0 saturated carbocycles. The van der Waals surface area contributed by atoms with Gasteiger partial charge in [0.2, 0.25) is 0 Å². The van der Waals surface area contributed by atoms with Crippen LogP contribution in [0.5, 0.6) is 0 Å². The molecule has 0 heterocycles. The van der Waals surface area contributed by atoms with Gasteiger partial charge in [-0.15, -0.1) is 0 Å². The summed E-state index contributed by atoms with van der Waals surface area (Å²) >= 11 is 0. The molecule has 0 saturated heterocycles. The van der Waals surface area contributed by atoms with Gasteiger partial charge in [-0.05, 0) is 6.42 Å². The van der Waals surface area contributed by atoms with Crippen LogP contribution < -0.4 is 29.6 Å². The van der Waals surface area contributed by atoms with E-state index in [0.717, 1.165) is 0 Å². The maximum absolute atomic E-state index is 10.5. The molecule has 0 amide bonds. The number of carbonyl (C=O) groups is 2. The molecule has 0 N–H and O–H groups in total. The van der Waals surface area contributed by atoms with Gasteiger partial charge in [0.15, 0.2) is 0 Å². The quantitative estimate of drug-likeness (QED) is 0.361. The average Bonchev–Trinajstić information content (AvgIpc) is 2.04. The molecule has 0 unspecified atom stereocenters. The third-order valence-electron chi connectivity index (χ3n) is 1.22. The van der Waals surface area contributed by atoms with E-state index >= 15 is 0 Å². The van der Waals surface area contributed by atoms with Crippen LogP contribution in [0.3, 0.4) is 0 Å². The minimum absolute atomic E-state index is 0. The Balaban J connectivity index is -0.000000500. The van der Waals surface area contributed by atoms with Gasteiger partial charge in [0.25, 0.3) is 0 Å². The van der Waals surface area contributed by atoms with E-state index in [4.69, 9.17) is 0 Å². The molecule has 0 rings (SSSR count). The summed E-state index contributed by atoms with van der Waals surface area (Å²) in [5.74, 6) is -0.595. The van der Waals surface area contributed by atoms with Gasteiger partial charge in [-0.1, -0.05) is 0 Å². The largest absolute Gasteiger partial charge is 1.00 e. The SMILES string of the molecule is COC(=O)CCCC(=O)OC.[H-].[Na+]. The van der Waals surface area contributed by atoms with Crippen LogP contribution in [-0.4, -0.2) is 26.2 Å². The van der Waals surface area contributed by atoms with Crippen LogP contribution in [-0.2, 0) is 19.1 Å². The normalized spacial score (nSPS) is 8.17. The first kappa shape index (κ1) is 14.5. The van der Waals surface area contributed by atoms with Crippen molar-refractivity contribution in [3.05, 3.63) is 0 Å². The Morgan fingerprint density at radius 3 is 1.67 bits per heavy atom. The molecule has 12 heavy (non-hydrogen) atoms. The van der Waals surface area contributed by atoms with E-state index in [1.165, 1.54) is 14.2 Å². The first-order valence-corrected chi connectivity index (χ1v) is 3.34. The number of ether oxygens (including phenoxy) is 2. The van der Waals surface area contributed by atoms with E-state index < -0.39 is 0 Å². The molecule has 66 valence electrons. The van der Waals surface area contributed by atoms with Gasteiger partial charge < -0.3 is 10.9 Å². The van der Waals surface area contributed by atoms with Crippen molar-refractivity contribution in [2.24, 2.45) is 0 Å². The molecule has 0 radical (unpaired) electrons. The van der Waals surface area contributed by atoms with Crippen molar-refractivity contribution < 1.29 is 50.0 Å². The van der Waals surface area contributed by atoms with Gasteiger partial charge in [-0.25, -0.2) is 0 Å². The maximum atomic E-state index is 10.5. The van der Waals surface area contributed by atoms with Crippen molar-refractivity contribution >= 4 is 11.9 Å². The van der Waals surface area contributed by atoms with Crippen LogP contribution in [0.25, 0.3) is 0 Å². The van der Waals surface area contributed by atoms with E-state index in [9.17, 15) is 9.59 Å². The molecule has 4 nitrogen and oxygen atoms in total. The van der Waals surface area contributed by atoms with E-state index in [1.54, 1.807) is 0 Å². The second-order valence-corrected chi connectivity index (χ2v) is 2.01. The fraction of sp³-hybridized carbons (Fsp3) is 0.714. The molecule has 0 fully saturated rings. The van der Waals surface area contributed by atoms with Gasteiger partial charge in [-0.3, -0.25) is 9.59 Å². The predicted octanol–water partition coefficient (Wildman–Crippen LogP) is -2.38. The summed E-state index contributed by atoms with van der Waals surface area (Å²) in [6.07, 6.45) is 1.02. The summed E-state index contributed by atoms with van der Waals surface area (Å²) in [6.45, 7) is 0. The summed E-state index contributed by atoms with van der Waals surface area (Å²) in [4.78, 5) is 21.0. The minimum atomic E-state index is -0.297. The van der Waals surface area contributed by atoms with Crippen molar-refractivity contribution in [2.45, 2.75) is 19.3 Å². The number of hydrogen-bond donors (Lipinski definition) is 0. The van der Waals surface area contributed by atoms with Crippen LogP contribution in [0.4, 0.5) is 0 Å². The summed E-state index contributed by atoms with van der Waals surface area (Å²) in [5, 5.41) is 0. The Morgan fingerprint density at radius 2 is 1.42 bits per heavy atom. The molecular formula is C7H13NaO4. The van der Waals surface area contributed by atoms with Crippen molar-refractivity contribution in [1.82, 2.24) is 0 Å². The summed E-state index contributed by atoms with van der Waals surface area (Å²) in [7, 11) is 2.64. The molecule has 0 atom stereocenters. The average molecular weight is 184 g/mol. The molecule has 0 spiro atoms. The second-order valence-electron chi connectivity index (χ2n) is 2.01. The zero-order chi connectivity index (χ0) is 8.69. The molecule has 5 heteroatoms. The Morgan fingerprint density at radius 1 is 1.08 bits per heavy atom. The number of hydrogen-bond acceptors (Lipinski definition) is 4. The second kappa shape index (κ2) is 9.03. The summed E-state index contributed by atoms with van der Waals surface area (Å²) < 4.78 is 8.75. The van der Waals surface area contributed by atoms with Gasteiger partial charge in [0, 0.05) is 12.8 Å². The summed E-state index contributed by atoms with van der Waals surface area (Å²) in [6, 6.07) is 0. The molecule has 0 aliphatic heterocycles. The van der Waals surface area contributed by atoms with Gasteiger partial charge in [0.1, 0.15) is 0 Å². The Labute approximate surface area is 95.4 Å². The third kappa shape index (κ3) is 8.04. The van der Waals surface area contributed by atoms with Crippen LogP contribution in [0, 0.1) is 0 Å². The van der Waals surface area contributed by atoms with Gasteiger partial charge in [-0.2, -0.15) is 0 Å². The number of rotatable bonds is 4. The molecule has 0 bridgehead atoms. The van der Waals surface area contributed by atoms with Crippen LogP contribution >= 0.6 is 0 Å². The van der Waals surface area contributed by atoms with Crippen molar-refractivity contribution in [3.8, 4) is 0 Å². The van der Waals surface area contributed by atoms with Gasteiger partial charge >= 0.3 is 41.5 Å². The number of methoxy groups -OCH3 is 2. The molecular weight excluding hydrogens is 171 g/mol. The fourth-order valence-electron chi connectivity index (χ4n) is 0.581. The van der Waals surface area contributed by atoms with E-state index in [1.807, 2.05) is 0 Å². The Hall–Kier alpha value is -0.0600. The molecule has 0 aromatic rings. The number of esters is 2. The van der Waals surface area contributed by atoms with Gasteiger partial charge in [0.05, 0.1) is 14.2 Å². The molecule has 0 aromatic carbocycles. The standard InChI is InChI=1S/C7H12O4.Na.H/c1-10-6(8)4-3-5-7(9)11-2;;/h3-5H2,1-2H3;;/q;+1;-1. The smallest absolute Gasteiger partial charge is 1.00 e. The third-order valence-corrected chi connectivity index (χ3v) is 1.22. The number of carbonyl (C=O) groups excluding carboxylic acids is 2. The maximum Gasteiger partial charge on any atom is 1.00 e. The molecule has 0 aromatic heterocycles. The topological polar surface area (TPSA) is 52.6 Å². The van der Waals surface area contributed by atoms with Crippen molar-refractivity contribution in [3.63, 3.8) is 0 Å². The molecule has 0 aliphatic carbocycles. The van der Waals surface area contributed by atoms with Crippen LogP contribution in [0.15, 0.2) is 0 Å². The zero-order valence-electron chi connectivity index (χ0n) is 8.75. The van der Waals surface area contributed by atoms with E-state index in [0.29, 0.717) is 6.42 Å². The minimum Gasteiger partial charge on any atom is -1.00 e. The zero-order valence-corrected chi connectivity index (χ0v) is 9.75. The fourth-order valence-corrected chi connectivity index (χ4v) is 0.581. The van der Waals surface area contributed by atoms with Crippen molar-refractivity contribution in [1.29, 1.82) is 0 Å².